The average molecular weight is 296 g/mol. The predicted octanol–water partition coefficient (Wildman–Crippen LogP) is 1.10. The van der Waals surface area contributed by atoms with Crippen LogP contribution in [0.3, 0.4) is 0 Å². The first-order chi connectivity index (χ1) is 9.42. The van der Waals surface area contributed by atoms with E-state index >= 15 is 0 Å². The van der Waals surface area contributed by atoms with Gasteiger partial charge >= 0.3 is 0 Å². The van der Waals surface area contributed by atoms with E-state index in [1.165, 1.54) is 11.3 Å². The second-order valence-corrected chi connectivity index (χ2v) is 6.31. The second kappa shape index (κ2) is 5.93. The Morgan fingerprint density at radius 2 is 2.20 bits per heavy atom. The van der Waals surface area contributed by atoms with Crippen molar-refractivity contribution in [2.24, 2.45) is 5.92 Å². The van der Waals surface area contributed by atoms with E-state index in [0.29, 0.717) is 25.2 Å². The molecule has 5 nitrogen and oxygen atoms in total. The van der Waals surface area contributed by atoms with Crippen LogP contribution in [0, 0.1) is 5.92 Å². The highest BCUT2D eigenvalue weighted by atomic mass is 32.1. The molecular formula is C14H20N2O3S. The average Bonchev–Trinajstić information content (AvgIpc) is 2.88. The molecule has 2 heterocycles. The number of aliphatic hydroxyl groups is 1. The molecule has 0 bridgehead atoms. The summed E-state index contributed by atoms with van der Waals surface area (Å²) in [6.07, 6.45) is 0.268. The summed E-state index contributed by atoms with van der Waals surface area (Å²) in [5.41, 5.74) is -0.115. The van der Waals surface area contributed by atoms with E-state index in [4.69, 9.17) is 0 Å². The van der Waals surface area contributed by atoms with Gasteiger partial charge in [0.05, 0.1) is 13.1 Å². The highest BCUT2D eigenvalue weighted by Crippen LogP contribution is 2.28. The van der Waals surface area contributed by atoms with Gasteiger partial charge in [-0.1, -0.05) is 13.8 Å². The van der Waals surface area contributed by atoms with Gasteiger partial charge in [-0.3, -0.25) is 9.59 Å². The monoisotopic (exact) mass is 296 g/mol. The summed E-state index contributed by atoms with van der Waals surface area (Å²) in [5, 5.41) is 16.4. The van der Waals surface area contributed by atoms with Crippen LogP contribution >= 0.6 is 11.3 Å². The Kier molecular flexibility index (Phi) is 4.45. The molecule has 0 aliphatic carbocycles. The predicted molar refractivity (Wildman–Crippen MR) is 77.6 cm³/mol. The molecule has 2 N–H and O–H groups in total. The Balaban J connectivity index is 1.68. The topological polar surface area (TPSA) is 69.6 Å². The SMILES string of the molecule is CC(C)C1(O)CN(C(=O)CCNC(=O)c2ccsc2)C1. The fourth-order valence-corrected chi connectivity index (χ4v) is 2.73. The van der Waals surface area contributed by atoms with E-state index in [1.807, 2.05) is 19.2 Å². The summed E-state index contributed by atoms with van der Waals surface area (Å²) >= 11 is 1.46. The van der Waals surface area contributed by atoms with E-state index in [-0.39, 0.29) is 24.2 Å². The number of nitrogens with zero attached hydrogens (tertiary/aromatic N) is 1. The Labute approximate surface area is 122 Å². The Morgan fingerprint density at radius 3 is 2.75 bits per heavy atom. The number of amides is 2. The zero-order valence-corrected chi connectivity index (χ0v) is 12.6. The molecule has 0 spiro atoms. The van der Waals surface area contributed by atoms with Gasteiger partial charge in [0.1, 0.15) is 5.60 Å². The minimum atomic E-state index is -0.740. The lowest BCUT2D eigenvalue weighted by Gasteiger charge is -2.49. The molecule has 0 atom stereocenters. The number of carbonyl (C=O) groups is 2. The van der Waals surface area contributed by atoms with E-state index in [0.717, 1.165) is 0 Å². The summed E-state index contributed by atoms with van der Waals surface area (Å²) in [6, 6.07) is 1.75. The lowest BCUT2D eigenvalue weighted by atomic mass is 9.83. The number of carbonyl (C=O) groups excluding carboxylic acids is 2. The summed E-state index contributed by atoms with van der Waals surface area (Å²) in [4.78, 5) is 25.2. The maximum absolute atomic E-state index is 11.9. The van der Waals surface area contributed by atoms with Gasteiger partial charge in [-0.2, -0.15) is 11.3 Å². The molecular weight excluding hydrogens is 276 g/mol. The van der Waals surface area contributed by atoms with Crippen molar-refractivity contribution >= 4 is 23.2 Å². The van der Waals surface area contributed by atoms with Crippen molar-refractivity contribution in [2.45, 2.75) is 25.9 Å². The molecule has 1 aromatic heterocycles. The van der Waals surface area contributed by atoms with Crippen molar-refractivity contribution in [3.8, 4) is 0 Å². The molecule has 6 heteroatoms. The maximum atomic E-state index is 11.9. The van der Waals surface area contributed by atoms with Gasteiger partial charge < -0.3 is 15.3 Å². The molecule has 2 amide bonds. The lowest BCUT2D eigenvalue weighted by molar-refractivity contribution is -0.163. The van der Waals surface area contributed by atoms with Crippen LogP contribution in [0.15, 0.2) is 16.8 Å². The van der Waals surface area contributed by atoms with Gasteiger partial charge in [0, 0.05) is 23.9 Å². The quantitative estimate of drug-likeness (QED) is 0.855. The third-order valence-corrected chi connectivity index (χ3v) is 4.45. The zero-order valence-electron chi connectivity index (χ0n) is 11.8. The summed E-state index contributed by atoms with van der Waals surface area (Å²) in [7, 11) is 0. The Hall–Kier alpha value is -1.40. The van der Waals surface area contributed by atoms with Crippen LogP contribution in [0.1, 0.15) is 30.6 Å². The molecule has 1 aliphatic heterocycles. The third-order valence-electron chi connectivity index (χ3n) is 3.76. The fraction of sp³-hybridized carbons (Fsp3) is 0.571. The van der Waals surface area contributed by atoms with E-state index in [1.54, 1.807) is 16.3 Å². The van der Waals surface area contributed by atoms with Crippen molar-refractivity contribution < 1.29 is 14.7 Å². The van der Waals surface area contributed by atoms with Crippen LogP contribution < -0.4 is 5.32 Å². The molecule has 110 valence electrons. The molecule has 0 saturated carbocycles. The number of hydrogen-bond acceptors (Lipinski definition) is 4. The molecule has 1 aliphatic rings. The van der Waals surface area contributed by atoms with Gasteiger partial charge in [-0.15, -0.1) is 0 Å². The minimum absolute atomic E-state index is 0.0269. The van der Waals surface area contributed by atoms with Gasteiger partial charge in [0.25, 0.3) is 5.91 Å². The summed E-state index contributed by atoms with van der Waals surface area (Å²) < 4.78 is 0. The second-order valence-electron chi connectivity index (χ2n) is 5.53. The number of nitrogens with one attached hydrogen (secondary N) is 1. The molecule has 2 rings (SSSR count). The summed E-state index contributed by atoms with van der Waals surface area (Å²) in [5.74, 6) is -0.0351. The molecule has 1 saturated heterocycles. The molecule has 1 fully saturated rings. The lowest BCUT2D eigenvalue weighted by Crippen LogP contribution is -2.66. The van der Waals surface area contributed by atoms with Crippen molar-refractivity contribution in [2.75, 3.05) is 19.6 Å². The molecule has 0 radical (unpaired) electrons. The maximum Gasteiger partial charge on any atom is 0.252 e. The minimum Gasteiger partial charge on any atom is -0.386 e. The smallest absolute Gasteiger partial charge is 0.252 e. The first kappa shape index (κ1) is 15.0. The van der Waals surface area contributed by atoms with Crippen molar-refractivity contribution in [1.29, 1.82) is 0 Å². The van der Waals surface area contributed by atoms with Gasteiger partial charge in [-0.05, 0) is 17.4 Å². The van der Waals surface area contributed by atoms with Crippen LogP contribution in [-0.4, -0.2) is 47.1 Å². The number of hydrogen-bond donors (Lipinski definition) is 2. The normalized spacial score (nSPS) is 16.9. The van der Waals surface area contributed by atoms with Gasteiger partial charge in [-0.25, -0.2) is 0 Å². The van der Waals surface area contributed by atoms with Crippen molar-refractivity contribution in [3.63, 3.8) is 0 Å². The first-order valence-electron chi connectivity index (χ1n) is 6.73. The third kappa shape index (κ3) is 3.19. The van der Waals surface area contributed by atoms with Gasteiger partial charge in [0.2, 0.25) is 5.91 Å². The number of rotatable bonds is 5. The van der Waals surface area contributed by atoms with Crippen LogP contribution in [0.5, 0.6) is 0 Å². The number of likely N-dealkylation sites (tertiary alicyclic amines) is 1. The summed E-state index contributed by atoms with van der Waals surface area (Å²) in [6.45, 7) is 5.00. The zero-order chi connectivity index (χ0) is 14.8. The highest BCUT2D eigenvalue weighted by Gasteiger charge is 2.45. The van der Waals surface area contributed by atoms with Gasteiger partial charge in [0.15, 0.2) is 0 Å². The van der Waals surface area contributed by atoms with Crippen LogP contribution in [-0.2, 0) is 4.79 Å². The van der Waals surface area contributed by atoms with E-state index in [2.05, 4.69) is 5.32 Å². The first-order valence-corrected chi connectivity index (χ1v) is 7.67. The van der Waals surface area contributed by atoms with Crippen LogP contribution in [0.4, 0.5) is 0 Å². The van der Waals surface area contributed by atoms with Crippen molar-refractivity contribution in [3.05, 3.63) is 22.4 Å². The Bertz CT molecular complexity index is 479. The number of thiophene rings is 1. The molecule has 20 heavy (non-hydrogen) atoms. The van der Waals surface area contributed by atoms with Crippen molar-refractivity contribution in [1.82, 2.24) is 10.2 Å². The largest absolute Gasteiger partial charge is 0.386 e. The molecule has 0 unspecified atom stereocenters. The Morgan fingerprint density at radius 1 is 1.50 bits per heavy atom. The molecule has 0 aromatic carbocycles. The van der Waals surface area contributed by atoms with Crippen LogP contribution in [0.2, 0.25) is 0 Å². The molecule has 1 aromatic rings. The van der Waals surface area contributed by atoms with E-state index in [9.17, 15) is 14.7 Å². The highest BCUT2D eigenvalue weighted by molar-refractivity contribution is 7.08. The standard InChI is InChI=1S/C14H20N2O3S/c1-10(2)14(19)8-16(9-14)12(17)3-5-15-13(18)11-4-6-20-7-11/h4,6-7,10,19H,3,5,8-9H2,1-2H3,(H,15,18). The fourth-order valence-electron chi connectivity index (χ4n) is 2.09. The van der Waals surface area contributed by atoms with Crippen LogP contribution in [0.25, 0.3) is 0 Å². The number of β-amino-alcohol motifs (C(OH)–C–C–N with tert-alkyl or cyclic N) is 1. The van der Waals surface area contributed by atoms with E-state index < -0.39 is 5.60 Å².